The van der Waals surface area contributed by atoms with E-state index < -0.39 is 5.92 Å². The molecule has 1 atom stereocenters. The molecule has 1 aliphatic heterocycles. The third-order valence-electron chi connectivity index (χ3n) is 5.58. The molecule has 0 radical (unpaired) electrons. The number of allylic oxidation sites excluding steroid dienone is 1. The van der Waals surface area contributed by atoms with Gasteiger partial charge in [-0.2, -0.15) is 5.26 Å². The summed E-state index contributed by atoms with van der Waals surface area (Å²) in [4.78, 5) is 25.0. The number of anilines is 1. The van der Waals surface area contributed by atoms with Crippen molar-refractivity contribution < 1.29 is 23.8 Å². The Balaban J connectivity index is 1.85. The fourth-order valence-electron chi connectivity index (χ4n) is 3.67. The summed E-state index contributed by atoms with van der Waals surface area (Å²) in [5.41, 5.74) is 3.97. The SMILES string of the molecule is COc1cc([C@H]2CC(=O)NC(SCC(=O)Nc3ccc(C)c(C)c3)=C2C#N)cc(OC)c1OC. The number of rotatable bonds is 8. The van der Waals surface area contributed by atoms with Gasteiger partial charge in [0, 0.05) is 18.0 Å². The topological polar surface area (TPSA) is 110 Å². The zero-order valence-corrected chi connectivity index (χ0v) is 20.6. The molecule has 2 amide bonds. The molecule has 2 N–H and O–H groups in total. The van der Waals surface area contributed by atoms with Crippen molar-refractivity contribution in [1.82, 2.24) is 5.32 Å². The zero-order chi connectivity index (χ0) is 24.8. The fraction of sp³-hybridized carbons (Fsp3) is 0.320. The molecule has 8 nitrogen and oxygen atoms in total. The number of hydrogen-bond acceptors (Lipinski definition) is 7. The number of hydrogen-bond donors (Lipinski definition) is 2. The smallest absolute Gasteiger partial charge is 0.234 e. The predicted molar refractivity (Wildman–Crippen MR) is 131 cm³/mol. The Morgan fingerprint density at radius 2 is 1.79 bits per heavy atom. The number of ether oxygens (including phenoxy) is 3. The second-order valence-electron chi connectivity index (χ2n) is 7.75. The molecular weight excluding hydrogens is 454 g/mol. The lowest BCUT2D eigenvalue weighted by Gasteiger charge is -2.26. The number of amides is 2. The number of nitrogens with one attached hydrogen (secondary N) is 2. The monoisotopic (exact) mass is 481 g/mol. The lowest BCUT2D eigenvalue weighted by atomic mass is 9.86. The molecule has 1 aliphatic rings. The standard InChI is InChI=1S/C25H27N3O5S/c1-14-6-7-17(8-15(14)2)27-23(30)13-34-25-19(12-26)18(11-22(29)28-25)16-9-20(31-3)24(33-5)21(10-16)32-4/h6-10,18H,11,13H2,1-5H3,(H,27,30)(H,28,29)/t18-/m1/s1. The maximum atomic E-state index is 12.5. The van der Waals surface area contributed by atoms with Crippen LogP contribution in [0.15, 0.2) is 40.9 Å². The first-order valence-electron chi connectivity index (χ1n) is 10.5. The van der Waals surface area contributed by atoms with Crippen LogP contribution < -0.4 is 24.8 Å². The van der Waals surface area contributed by atoms with Crippen LogP contribution >= 0.6 is 11.8 Å². The largest absolute Gasteiger partial charge is 0.493 e. The molecule has 178 valence electrons. The van der Waals surface area contributed by atoms with Crippen molar-refractivity contribution in [2.45, 2.75) is 26.2 Å². The molecule has 9 heteroatoms. The van der Waals surface area contributed by atoms with Gasteiger partial charge in [0.2, 0.25) is 17.6 Å². The first kappa shape index (κ1) is 25.0. The maximum Gasteiger partial charge on any atom is 0.234 e. The van der Waals surface area contributed by atoms with Crippen LogP contribution in [0.5, 0.6) is 17.2 Å². The number of aryl methyl sites for hydroxylation is 2. The van der Waals surface area contributed by atoms with Gasteiger partial charge in [-0.3, -0.25) is 9.59 Å². The van der Waals surface area contributed by atoms with Crippen molar-refractivity contribution in [3.05, 3.63) is 57.6 Å². The van der Waals surface area contributed by atoms with Crippen LogP contribution in [0.2, 0.25) is 0 Å². The van der Waals surface area contributed by atoms with Crippen LogP contribution in [0.1, 0.15) is 29.0 Å². The Morgan fingerprint density at radius 3 is 2.35 bits per heavy atom. The Kier molecular flexibility index (Phi) is 8.08. The van der Waals surface area contributed by atoms with Crippen LogP contribution in [-0.4, -0.2) is 38.9 Å². The third-order valence-corrected chi connectivity index (χ3v) is 6.60. The number of nitrogens with zero attached hydrogens (tertiary/aromatic N) is 1. The normalized spacial score (nSPS) is 15.3. The van der Waals surface area contributed by atoms with E-state index in [2.05, 4.69) is 16.7 Å². The molecule has 2 aromatic rings. The lowest BCUT2D eigenvalue weighted by Crippen LogP contribution is -2.31. The molecule has 2 aromatic carbocycles. The van der Waals surface area contributed by atoms with E-state index in [1.807, 2.05) is 32.0 Å². The van der Waals surface area contributed by atoms with Crippen molar-refractivity contribution in [1.29, 1.82) is 5.26 Å². The van der Waals surface area contributed by atoms with Crippen molar-refractivity contribution in [2.75, 3.05) is 32.4 Å². The molecule has 0 unspecified atom stereocenters. The zero-order valence-electron chi connectivity index (χ0n) is 19.8. The highest BCUT2D eigenvalue weighted by molar-refractivity contribution is 8.03. The molecular formula is C25H27N3O5S. The van der Waals surface area contributed by atoms with Gasteiger partial charge in [0.15, 0.2) is 11.5 Å². The highest BCUT2D eigenvalue weighted by Crippen LogP contribution is 2.44. The van der Waals surface area contributed by atoms with E-state index in [0.717, 1.165) is 22.9 Å². The van der Waals surface area contributed by atoms with Gasteiger partial charge in [-0.25, -0.2) is 0 Å². The number of carbonyl (C=O) groups is 2. The molecule has 34 heavy (non-hydrogen) atoms. The van der Waals surface area contributed by atoms with Crippen LogP contribution in [0, 0.1) is 25.2 Å². The average molecular weight is 482 g/mol. The number of methoxy groups -OCH3 is 3. The minimum atomic E-state index is -0.516. The van der Waals surface area contributed by atoms with E-state index >= 15 is 0 Å². The van der Waals surface area contributed by atoms with Crippen LogP contribution in [0.25, 0.3) is 0 Å². The lowest BCUT2D eigenvalue weighted by molar-refractivity contribution is -0.121. The molecule has 0 bridgehead atoms. The number of thioether (sulfide) groups is 1. The van der Waals surface area contributed by atoms with Gasteiger partial charge in [-0.15, -0.1) is 0 Å². The molecule has 3 rings (SSSR count). The minimum absolute atomic E-state index is 0.0374. The predicted octanol–water partition coefficient (Wildman–Crippen LogP) is 4.04. The Morgan fingerprint density at radius 1 is 1.12 bits per heavy atom. The van der Waals surface area contributed by atoms with Crippen molar-refractivity contribution in [2.24, 2.45) is 0 Å². The molecule has 0 spiro atoms. The summed E-state index contributed by atoms with van der Waals surface area (Å²) < 4.78 is 16.2. The van der Waals surface area contributed by atoms with Crippen molar-refractivity contribution in [3.8, 4) is 23.3 Å². The highest BCUT2D eigenvalue weighted by Gasteiger charge is 2.31. The van der Waals surface area contributed by atoms with Gasteiger partial charge in [0.1, 0.15) is 0 Å². The minimum Gasteiger partial charge on any atom is -0.493 e. The summed E-state index contributed by atoms with van der Waals surface area (Å²) in [5, 5.41) is 15.9. The second kappa shape index (κ2) is 11.0. The number of benzene rings is 2. The number of nitriles is 1. The summed E-state index contributed by atoms with van der Waals surface area (Å²) in [5.74, 6) is 0.337. The third kappa shape index (κ3) is 5.46. The molecule has 0 saturated heterocycles. The maximum absolute atomic E-state index is 12.5. The molecule has 0 aliphatic carbocycles. The summed E-state index contributed by atoms with van der Waals surface area (Å²) in [6.45, 7) is 3.98. The first-order valence-corrected chi connectivity index (χ1v) is 11.5. The van der Waals surface area contributed by atoms with E-state index in [0.29, 0.717) is 39.1 Å². The summed E-state index contributed by atoms with van der Waals surface area (Å²) >= 11 is 1.12. The molecule has 1 heterocycles. The second-order valence-corrected chi connectivity index (χ2v) is 8.74. The number of carbonyl (C=O) groups excluding carboxylic acids is 2. The Labute approximate surface area is 203 Å². The van der Waals surface area contributed by atoms with Gasteiger partial charge in [-0.1, -0.05) is 17.8 Å². The average Bonchev–Trinajstić information content (AvgIpc) is 2.83. The van der Waals surface area contributed by atoms with Gasteiger partial charge >= 0.3 is 0 Å². The molecule has 0 aromatic heterocycles. The van der Waals surface area contributed by atoms with Crippen LogP contribution in [0.4, 0.5) is 5.69 Å². The van der Waals surface area contributed by atoms with Gasteiger partial charge in [0.25, 0.3) is 0 Å². The first-order chi connectivity index (χ1) is 16.3. The van der Waals surface area contributed by atoms with Gasteiger partial charge in [-0.05, 0) is 54.8 Å². The molecule has 0 fully saturated rings. The Bertz CT molecular complexity index is 1160. The van der Waals surface area contributed by atoms with Crippen molar-refractivity contribution >= 4 is 29.3 Å². The van der Waals surface area contributed by atoms with Gasteiger partial charge in [0.05, 0.1) is 43.8 Å². The van der Waals surface area contributed by atoms with Crippen LogP contribution in [0.3, 0.4) is 0 Å². The van der Waals surface area contributed by atoms with E-state index in [1.165, 1.54) is 21.3 Å². The fourth-order valence-corrected chi connectivity index (χ4v) is 4.55. The Hall–Kier alpha value is -3.64. The van der Waals surface area contributed by atoms with E-state index in [-0.39, 0.29) is 24.0 Å². The summed E-state index contributed by atoms with van der Waals surface area (Å²) in [7, 11) is 4.52. The summed E-state index contributed by atoms with van der Waals surface area (Å²) in [6, 6.07) is 11.4. The highest BCUT2D eigenvalue weighted by atomic mass is 32.2. The van der Waals surface area contributed by atoms with E-state index in [4.69, 9.17) is 14.2 Å². The molecule has 0 saturated carbocycles. The van der Waals surface area contributed by atoms with E-state index in [1.54, 1.807) is 12.1 Å². The quantitative estimate of drug-likeness (QED) is 0.586. The van der Waals surface area contributed by atoms with Crippen molar-refractivity contribution in [3.63, 3.8) is 0 Å². The van der Waals surface area contributed by atoms with E-state index in [9.17, 15) is 14.9 Å². The van der Waals surface area contributed by atoms with Gasteiger partial charge < -0.3 is 24.8 Å². The van der Waals surface area contributed by atoms with Crippen LogP contribution in [-0.2, 0) is 9.59 Å². The summed E-state index contributed by atoms with van der Waals surface area (Å²) in [6.07, 6.45) is 0.0838.